The SMILES string of the molecule is COc1ccc(Cl)cc1C[NH+]1CCN(S(=O)(=O)c2cccc(F)c2)CC1. The predicted octanol–water partition coefficient (Wildman–Crippen LogP) is 1.58. The fourth-order valence-electron chi connectivity index (χ4n) is 3.15. The molecule has 1 N–H and O–H groups in total. The first-order chi connectivity index (χ1) is 12.4. The van der Waals surface area contributed by atoms with Crippen LogP contribution < -0.4 is 9.64 Å². The number of methoxy groups -OCH3 is 1. The molecule has 1 aliphatic rings. The van der Waals surface area contributed by atoms with Crippen LogP contribution in [0, 0.1) is 5.82 Å². The monoisotopic (exact) mass is 399 g/mol. The summed E-state index contributed by atoms with van der Waals surface area (Å²) >= 11 is 6.07. The molecule has 0 atom stereocenters. The van der Waals surface area contributed by atoms with E-state index in [1.54, 1.807) is 13.2 Å². The van der Waals surface area contributed by atoms with Crippen molar-refractivity contribution in [2.45, 2.75) is 11.4 Å². The number of hydrogen-bond donors (Lipinski definition) is 1. The Hall–Kier alpha value is -1.67. The van der Waals surface area contributed by atoms with E-state index in [1.165, 1.54) is 27.4 Å². The Balaban J connectivity index is 1.67. The molecule has 0 bridgehead atoms. The van der Waals surface area contributed by atoms with Crippen molar-refractivity contribution in [3.8, 4) is 5.75 Å². The third kappa shape index (κ3) is 4.17. The Kier molecular flexibility index (Phi) is 5.82. The van der Waals surface area contributed by atoms with Crippen LogP contribution >= 0.6 is 11.6 Å². The van der Waals surface area contributed by atoms with Gasteiger partial charge in [0.25, 0.3) is 0 Å². The van der Waals surface area contributed by atoms with Gasteiger partial charge in [0.2, 0.25) is 10.0 Å². The largest absolute Gasteiger partial charge is 0.496 e. The second-order valence-electron chi connectivity index (χ2n) is 6.24. The number of ether oxygens (including phenoxy) is 1. The van der Waals surface area contributed by atoms with Gasteiger partial charge in [-0.2, -0.15) is 4.31 Å². The van der Waals surface area contributed by atoms with Gasteiger partial charge in [0.1, 0.15) is 18.1 Å². The molecule has 0 amide bonds. The number of benzene rings is 2. The first kappa shape index (κ1) is 19.1. The van der Waals surface area contributed by atoms with Gasteiger partial charge in [0.05, 0.1) is 38.2 Å². The van der Waals surface area contributed by atoms with E-state index < -0.39 is 15.8 Å². The van der Waals surface area contributed by atoms with E-state index in [4.69, 9.17) is 16.3 Å². The van der Waals surface area contributed by atoms with Crippen molar-refractivity contribution in [3.05, 3.63) is 58.9 Å². The third-order valence-corrected chi connectivity index (χ3v) is 6.68. The zero-order valence-electron chi connectivity index (χ0n) is 14.4. The summed E-state index contributed by atoms with van der Waals surface area (Å²) in [5.74, 6) is 0.222. The molecule has 0 aromatic heterocycles. The molecule has 2 aromatic rings. The molecular weight excluding hydrogens is 379 g/mol. The van der Waals surface area contributed by atoms with Crippen molar-refractivity contribution in [1.82, 2.24) is 4.31 Å². The van der Waals surface area contributed by atoms with E-state index in [0.717, 1.165) is 17.4 Å². The van der Waals surface area contributed by atoms with E-state index in [0.29, 0.717) is 37.7 Å². The van der Waals surface area contributed by atoms with Gasteiger partial charge in [-0.15, -0.1) is 0 Å². The molecule has 1 saturated heterocycles. The molecular formula is C18H21ClFN2O3S+. The predicted molar refractivity (Wildman–Crippen MR) is 97.6 cm³/mol. The summed E-state index contributed by atoms with van der Waals surface area (Å²) in [6.45, 7) is 2.79. The van der Waals surface area contributed by atoms with E-state index in [-0.39, 0.29) is 4.90 Å². The molecule has 2 aromatic carbocycles. The number of halogens is 2. The lowest BCUT2D eigenvalue weighted by atomic mass is 10.1. The molecule has 5 nitrogen and oxygen atoms in total. The van der Waals surface area contributed by atoms with E-state index in [1.807, 2.05) is 12.1 Å². The van der Waals surface area contributed by atoms with Crippen LogP contribution in [-0.2, 0) is 16.6 Å². The maximum Gasteiger partial charge on any atom is 0.243 e. The molecule has 26 heavy (non-hydrogen) atoms. The summed E-state index contributed by atoms with van der Waals surface area (Å²) in [4.78, 5) is 1.24. The lowest BCUT2D eigenvalue weighted by Crippen LogP contribution is -3.13. The van der Waals surface area contributed by atoms with E-state index in [2.05, 4.69) is 0 Å². The first-order valence-electron chi connectivity index (χ1n) is 8.32. The molecule has 0 unspecified atom stereocenters. The highest BCUT2D eigenvalue weighted by Crippen LogP contribution is 2.22. The quantitative estimate of drug-likeness (QED) is 0.830. The van der Waals surface area contributed by atoms with Crippen LogP contribution in [0.2, 0.25) is 5.02 Å². The Morgan fingerprint density at radius 2 is 1.92 bits per heavy atom. The smallest absolute Gasteiger partial charge is 0.243 e. The van der Waals surface area contributed by atoms with Crippen molar-refractivity contribution in [1.29, 1.82) is 0 Å². The minimum atomic E-state index is -3.67. The average molecular weight is 400 g/mol. The van der Waals surface area contributed by atoms with Crippen molar-refractivity contribution < 1.29 is 22.4 Å². The second-order valence-corrected chi connectivity index (χ2v) is 8.62. The molecule has 1 aliphatic heterocycles. The van der Waals surface area contributed by atoms with Crippen molar-refractivity contribution in [2.75, 3.05) is 33.3 Å². The minimum absolute atomic E-state index is 0.00235. The Morgan fingerprint density at radius 3 is 2.58 bits per heavy atom. The Morgan fingerprint density at radius 1 is 1.19 bits per heavy atom. The second kappa shape index (κ2) is 7.92. The van der Waals surface area contributed by atoms with Gasteiger partial charge < -0.3 is 9.64 Å². The highest BCUT2D eigenvalue weighted by atomic mass is 35.5. The summed E-state index contributed by atoms with van der Waals surface area (Å²) in [5.41, 5.74) is 0.997. The zero-order chi connectivity index (χ0) is 18.7. The standard InChI is InChI=1S/C18H20ClFN2O3S/c1-25-18-6-5-15(19)11-14(18)13-21-7-9-22(10-8-21)26(23,24)17-4-2-3-16(20)12-17/h2-6,11-12H,7-10,13H2,1H3/p+1. The summed E-state index contributed by atoms with van der Waals surface area (Å²) in [5, 5.41) is 0.646. The van der Waals surface area contributed by atoms with Gasteiger partial charge in [-0.25, -0.2) is 12.8 Å². The minimum Gasteiger partial charge on any atom is -0.496 e. The van der Waals surface area contributed by atoms with Gasteiger partial charge in [-0.3, -0.25) is 0 Å². The van der Waals surface area contributed by atoms with Crippen molar-refractivity contribution in [2.24, 2.45) is 0 Å². The molecule has 3 rings (SSSR count). The molecule has 0 spiro atoms. The van der Waals surface area contributed by atoms with Crippen LogP contribution in [-0.4, -0.2) is 46.0 Å². The van der Waals surface area contributed by atoms with Crippen LogP contribution in [0.4, 0.5) is 4.39 Å². The van der Waals surface area contributed by atoms with Crippen LogP contribution in [0.25, 0.3) is 0 Å². The van der Waals surface area contributed by atoms with E-state index >= 15 is 0 Å². The van der Waals surface area contributed by atoms with Crippen LogP contribution in [0.1, 0.15) is 5.56 Å². The summed E-state index contributed by atoms with van der Waals surface area (Å²) < 4.78 is 45.5. The zero-order valence-corrected chi connectivity index (χ0v) is 16.0. The summed E-state index contributed by atoms with van der Waals surface area (Å²) in [7, 11) is -2.05. The molecule has 140 valence electrons. The number of nitrogens with one attached hydrogen (secondary N) is 1. The van der Waals surface area contributed by atoms with Crippen molar-refractivity contribution in [3.63, 3.8) is 0 Å². The first-order valence-corrected chi connectivity index (χ1v) is 10.1. The molecule has 1 heterocycles. The molecule has 8 heteroatoms. The Bertz CT molecular complexity index is 884. The lowest BCUT2D eigenvalue weighted by molar-refractivity contribution is -0.917. The van der Waals surface area contributed by atoms with Crippen molar-refractivity contribution >= 4 is 21.6 Å². The van der Waals surface area contributed by atoms with Crippen LogP contribution in [0.5, 0.6) is 5.75 Å². The highest BCUT2D eigenvalue weighted by molar-refractivity contribution is 7.89. The maximum absolute atomic E-state index is 13.4. The average Bonchev–Trinajstić information content (AvgIpc) is 2.62. The fraction of sp³-hybridized carbons (Fsp3) is 0.333. The van der Waals surface area contributed by atoms with Gasteiger partial charge in [0.15, 0.2) is 0 Å². The topological polar surface area (TPSA) is 51.1 Å². The normalized spacial score (nSPS) is 16.6. The van der Waals surface area contributed by atoms with E-state index in [9.17, 15) is 12.8 Å². The van der Waals surface area contributed by atoms with Crippen LogP contribution in [0.3, 0.4) is 0 Å². The highest BCUT2D eigenvalue weighted by Gasteiger charge is 2.31. The van der Waals surface area contributed by atoms with Gasteiger partial charge in [-0.1, -0.05) is 17.7 Å². The molecule has 1 fully saturated rings. The number of quaternary nitrogens is 1. The van der Waals surface area contributed by atoms with Crippen LogP contribution in [0.15, 0.2) is 47.4 Å². The van der Waals surface area contributed by atoms with Gasteiger partial charge >= 0.3 is 0 Å². The van der Waals surface area contributed by atoms with Gasteiger partial charge in [0, 0.05) is 10.6 Å². The molecule has 0 saturated carbocycles. The number of piperazine rings is 1. The maximum atomic E-state index is 13.4. The molecule has 0 aliphatic carbocycles. The third-order valence-electron chi connectivity index (χ3n) is 4.55. The number of sulfonamides is 1. The summed E-state index contributed by atoms with van der Waals surface area (Å²) in [6, 6.07) is 10.6. The summed E-state index contributed by atoms with van der Waals surface area (Å²) in [6.07, 6.45) is 0. The fourth-order valence-corrected chi connectivity index (χ4v) is 4.82. The number of nitrogens with zero attached hydrogens (tertiary/aromatic N) is 1. The lowest BCUT2D eigenvalue weighted by Gasteiger charge is -2.31. The van der Waals surface area contributed by atoms with Gasteiger partial charge in [-0.05, 0) is 36.4 Å². The number of hydrogen-bond acceptors (Lipinski definition) is 3. The molecule has 0 radical (unpaired) electrons. The Labute approximate surface area is 158 Å². The number of rotatable bonds is 5.